The van der Waals surface area contributed by atoms with Crippen LogP contribution in [0.2, 0.25) is 0 Å². The molecular weight excluding hydrogens is 444 g/mol. The van der Waals surface area contributed by atoms with Crippen molar-refractivity contribution in [1.29, 1.82) is 0 Å². The zero-order chi connectivity index (χ0) is 20.3. The van der Waals surface area contributed by atoms with Crippen molar-refractivity contribution in [3.8, 4) is 0 Å². The number of rotatable bonds is 5. The van der Waals surface area contributed by atoms with Gasteiger partial charge in [-0.2, -0.15) is 0 Å². The molecule has 1 aromatic heterocycles. The maximum atomic E-state index is 12.6. The second-order valence-corrected chi connectivity index (χ2v) is 9.81. The fourth-order valence-corrected chi connectivity index (χ4v) is 4.86. The van der Waals surface area contributed by atoms with E-state index in [1.165, 1.54) is 39.4 Å². The molecule has 0 saturated carbocycles. The third-order valence-corrected chi connectivity index (χ3v) is 7.45. The lowest BCUT2D eigenvalue weighted by Gasteiger charge is -2.27. The minimum absolute atomic E-state index is 0.0451. The van der Waals surface area contributed by atoms with Gasteiger partial charge >= 0.3 is 0 Å². The van der Waals surface area contributed by atoms with Crippen molar-refractivity contribution < 1.29 is 13.2 Å². The molecule has 0 aliphatic carbocycles. The zero-order valence-corrected chi connectivity index (χ0v) is 18.3. The van der Waals surface area contributed by atoms with Crippen molar-refractivity contribution in [1.82, 2.24) is 9.29 Å². The first-order valence-electron chi connectivity index (χ1n) is 9.03. The second-order valence-electron chi connectivity index (χ2n) is 6.84. The van der Waals surface area contributed by atoms with Gasteiger partial charge in [-0.15, -0.1) is 0 Å². The molecule has 3 rings (SSSR count). The van der Waals surface area contributed by atoms with Crippen molar-refractivity contribution in [2.75, 3.05) is 37.4 Å². The number of nitrogens with one attached hydrogen (secondary N) is 1. The molecule has 1 aliphatic rings. The number of aromatic nitrogens is 1. The van der Waals surface area contributed by atoms with Gasteiger partial charge in [0.05, 0.1) is 16.8 Å². The molecule has 9 heteroatoms. The molecular formula is C19H23BrN4O3S. The molecule has 7 nitrogen and oxygen atoms in total. The van der Waals surface area contributed by atoms with Gasteiger partial charge in [0.1, 0.15) is 5.82 Å². The number of sulfonamides is 1. The van der Waals surface area contributed by atoms with Crippen LogP contribution in [0, 0.1) is 0 Å². The molecule has 2 aromatic rings. The molecule has 150 valence electrons. The number of halogens is 1. The van der Waals surface area contributed by atoms with Crippen LogP contribution in [0.3, 0.4) is 0 Å². The Morgan fingerprint density at radius 2 is 1.86 bits per heavy atom. The summed E-state index contributed by atoms with van der Waals surface area (Å²) in [5.41, 5.74) is 0.814. The van der Waals surface area contributed by atoms with E-state index in [1.54, 1.807) is 18.3 Å². The average molecular weight is 467 g/mol. The first-order valence-corrected chi connectivity index (χ1v) is 11.3. The van der Waals surface area contributed by atoms with E-state index in [0.29, 0.717) is 10.2 Å². The molecule has 0 unspecified atom stereocenters. The van der Waals surface area contributed by atoms with Crippen molar-refractivity contribution in [2.45, 2.75) is 24.2 Å². The summed E-state index contributed by atoms with van der Waals surface area (Å²) < 4.78 is 26.4. The monoisotopic (exact) mass is 466 g/mol. The minimum atomic E-state index is -3.67. The molecule has 2 heterocycles. The van der Waals surface area contributed by atoms with Crippen molar-refractivity contribution in [2.24, 2.45) is 0 Å². The van der Waals surface area contributed by atoms with Gasteiger partial charge in [0.25, 0.3) is 5.91 Å². The number of anilines is 2. The van der Waals surface area contributed by atoms with E-state index in [9.17, 15) is 13.2 Å². The predicted molar refractivity (Wildman–Crippen MR) is 113 cm³/mol. The fraction of sp³-hybridized carbons (Fsp3) is 0.368. The molecule has 0 bridgehead atoms. The molecule has 1 aliphatic heterocycles. The standard InChI is InChI=1S/C19H23BrN4O3S/c1-23(2)28(26,27)17-12-14(6-8-16(17)20)19(25)22-15-7-9-18(21-13-15)24-10-4-3-5-11-24/h6-9,12-13H,3-5,10-11H2,1-2H3,(H,22,25). The number of hydrogen-bond donors (Lipinski definition) is 1. The van der Waals surface area contributed by atoms with Gasteiger partial charge in [0.15, 0.2) is 0 Å². The van der Waals surface area contributed by atoms with E-state index in [2.05, 4.69) is 31.1 Å². The van der Waals surface area contributed by atoms with E-state index in [4.69, 9.17) is 0 Å². The van der Waals surface area contributed by atoms with Crippen LogP contribution >= 0.6 is 15.9 Å². The summed E-state index contributed by atoms with van der Waals surface area (Å²) in [5, 5.41) is 2.77. The van der Waals surface area contributed by atoms with Crippen molar-refractivity contribution >= 4 is 43.4 Å². The molecule has 1 fully saturated rings. The van der Waals surface area contributed by atoms with Crippen molar-refractivity contribution in [3.63, 3.8) is 0 Å². The number of amides is 1. The Morgan fingerprint density at radius 3 is 2.46 bits per heavy atom. The zero-order valence-electron chi connectivity index (χ0n) is 15.9. The van der Waals surface area contributed by atoms with Crippen LogP contribution < -0.4 is 10.2 Å². The molecule has 1 saturated heterocycles. The summed E-state index contributed by atoms with van der Waals surface area (Å²) in [4.78, 5) is 19.3. The van der Waals surface area contributed by atoms with Crippen LogP contribution in [0.1, 0.15) is 29.6 Å². The maximum absolute atomic E-state index is 12.6. The highest BCUT2D eigenvalue weighted by Gasteiger charge is 2.22. The summed E-state index contributed by atoms with van der Waals surface area (Å²) in [7, 11) is -0.769. The normalized spacial score (nSPS) is 14.9. The summed E-state index contributed by atoms with van der Waals surface area (Å²) >= 11 is 3.24. The van der Waals surface area contributed by atoms with E-state index in [1.807, 2.05) is 12.1 Å². The topological polar surface area (TPSA) is 82.6 Å². The first-order chi connectivity index (χ1) is 13.3. The van der Waals surface area contributed by atoms with E-state index in [0.717, 1.165) is 23.2 Å². The minimum Gasteiger partial charge on any atom is -0.357 e. The Morgan fingerprint density at radius 1 is 1.14 bits per heavy atom. The summed E-state index contributed by atoms with van der Waals surface area (Å²) in [6.07, 6.45) is 5.21. The Labute approximate surface area is 173 Å². The van der Waals surface area contributed by atoms with Gasteiger partial charge < -0.3 is 10.2 Å². The smallest absolute Gasteiger partial charge is 0.255 e. The van der Waals surface area contributed by atoms with Gasteiger partial charge in [0.2, 0.25) is 10.0 Å². The molecule has 0 radical (unpaired) electrons. The largest absolute Gasteiger partial charge is 0.357 e. The SMILES string of the molecule is CN(C)S(=O)(=O)c1cc(C(=O)Nc2ccc(N3CCCCC3)nc2)ccc1Br. The highest BCUT2D eigenvalue weighted by molar-refractivity contribution is 9.10. The lowest BCUT2D eigenvalue weighted by atomic mass is 10.1. The van der Waals surface area contributed by atoms with Gasteiger partial charge in [0, 0.05) is 37.2 Å². The third-order valence-electron chi connectivity index (χ3n) is 4.64. The van der Waals surface area contributed by atoms with E-state index < -0.39 is 15.9 Å². The molecule has 1 aromatic carbocycles. The number of hydrogen-bond acceptors (Lipinski definition) is 5. The lowest BCUT2D eigenvalue weighted by Crippen LogP contribution is -2.30. The molecule has 0 spiro atoms. The second kappa shape index (κ2) is 8.59. The van der Waals surface area contributed by atoms with Crippen LogP contribution in [0.5, 0.6) is 0 Å². The summed E-state index contributed by atoms with van der Waals surface area (Å²) in [6.45, 7) is 2.00. The van der Waals surface area contributed by atoms with Crippen LogP contribution in [-0.4, -0.2) is 50.8 Å². The molecule has 28 heavy (non-hydrogen) atoms. The van der Waals surface area contributed by atoms with Gasteiger partial charge in [-0.05, 0) is 65.5 Å². The van der Waals surface area contributed by atoms with E-state index >= 15 is 0 Å². The molecule has 0 atom stereocenters. The maximum Gasteiger partial charge on any atom is 0.255 e. The Balaban J connectivity index is 1.76. The quantitative estimate of drug-likeness (QED) is 0.730. The number of piperidine rings is 1. The number of carbonyl (C=O) groups excluding carboxylic acids is 1. The predicted octanol–water partition coefficient (Wildman–Crippen LogP) is 3.34. The summed E-state index contributed by atoms with van der Waals surface area (Å²) in [6, 6.07) is 8.20. The Bertz CT molecular complexity index is 956. The molecule has 1 amide bonds. The first kappa shape index (κ1) is 20.8. The average Bonchev–Trinajstić information content (AvgIpc) is 2.69. The number of carbonyl (C=O) groups is 1. The molecule has 1 N–H and O–H groups in total. The number of benzene rings is 1. The van der Waals surface area contributed by atoms with Crippen LogP contribution in [0.15, 0.2) is 45.9 Å². The van der Waals surface area contributed by atoms with Crippen molar-refractivity contribution in [3.05, 3.63) is 46.6 Å². The van der Waals surface area contributed by atoms with Gasteiger partial charge in [-0.1, -0.05) is 0 Å². The van der Waals surface area contributed by atoms with E-state index in [-0.39, 0.29) is 10.5 Å². The number of nitrogens with zero attached hydrogens (tertiary/aromatic N) is 3. The Hall–Kier alpha value is -1.97. The third kappa shape index (κ3) is 4.53. The highest BCUT2D eigenvalue weighted by atomic mass is 79.9. The Kier molecular flexibility index (Phi) is 6.36. The van der Waals surface area contributed by atoms with Gasteiger partial charge in [-0.25, -0.2) is 17.7 Å². The summed E-state index contributed by atoms with van der Waals surface area (Å²) in [5.74, 6) is 0.510. The lowest BCUT2D eigenvalue weighted by molar-refractivity contribution is 0.102. The van der Waals surface area contributed by atoms with Gasteiger partial charge in [-0.3, -0.25) is 4.79 Å². The highest BCUT2D eigenvalue weighted by Crippen LogP contribution is 2.26. The van der Waals surface area contributed by atoms with Crippen LogP contribution in [-0.2, 0) is 10.0 Å². The number of pyridine rings is 1. The van der Waals surface area contributed by atoms with Crippen LogP contribution in [0.4, 0.5) is 11.5 Å². The fourth-order valence-electron chi connectivity index (χ4n) is 3.01. The van der Waals surface area contributed by atoms with Crippen LogP contribution in [0.25, 0.3) is 0 Å².